The molecular weight excluding hydrogens is 470 g/mol. The lowest BCUT2D eigenvalue weighted by Crippen LogP contribution is -2.36. The van der Waals surface area contributed by atoms with E-state index >= 15 is 0 Å². The Morgan fingerprint density at radius 2 is 1.72 bits per heavy atom. The van der Waals surface area contributed by atoms with Crippen molar-refractivity contribution in [3.63, 3.8) is 0 Å². The van der Waals surface area contributed by atoms with E-state index in [0.717, 1.165) is 34.8 Å². The predicted molar refractivity (Wildman–Crippen MR) is 145 cm³/mol. The van der Waals surface area contributed by atoms with Gasteiger partial charge in [-0.1, -0.05) is 42.5 Å². The molecule has 0 saturated heterocycles. The van der Waals surface area contributed by atoms with Gasteiger partial charge in [0.15, 0.2) is 0 Å². The normalized spacial score (nSPS) is 11.5. The third-order valence-electron chi connectivity index (χ3n) is 5.41. The third kappa shape index (κ3) is 6.56. The smallest absolute Gasteiger partial charge is 0.267 e. The molecule has 4 rings (SSSR count). The van der Waals surface area contributed by atoms with Crippen molar-refractivity contribution in [2.75, 3.05) is 27.2 Å². The Bertz CT molecular complexity index is 1310. The van der Waals surface area contributed by atoms with E-state index in [0.29, 0.717) is 12.1 Å². The molecule has 0 unspecified atom stereocenters. The molecule has 2 amide bonds. The van der Waals surface area contributed by atoms with Gasteiger partial charge in [-0.3, -0.25) is 9.59 Å². The second-order valence-corrected chi connectivity index (χ2v) is 9.43. The van der Waals surface area contributed by atoms with Gasteiger partial charge in [0.1, 0.15) is 11.4 Å². The molecule has 8 heteroatoms. The molecule has 36 heavy (non-hydrogen) atoms. The second kappa shape index (κ2) is 12.1. The highest BCUT2D eigenvalue weighted by molar-refractivity contribution is 7.13. The van der Waals surface area contributed by atoms with Crippen molar-refractivity contribution in [1.82, 2.24) is 25.3 Å². The average Bonchev–Trinajstić information content (AvgIpc) is 3.57. The molecule has 0 spiro atoms. The summed E-state index contributed by atoms with van der Waals surface area (Å²) < 4.78 is 1.78. The third-order valence-corrected chi connectivity index (χ3v) is 6.29. The number of nitrogens with one attached hydrogen (secondary N) is 2. The summed E-state index contributed by atoms with van der Waals surface area (Å²) in [6.45, 7) is 1.35. The van der Waals surface area contributed by atoms with Crippen LogP contribution in [0.15, 0.2) is 90.1 Å². The van der Waals surface area contributed by atoms with Crippen LogP contribution in [0, 0.1) is 0 Å². The van der Waals surface area contributed by atoms with Crippen LogP contribution in [0.25, 0.3) is 22.3 Å². The van der Waals surface area contributed by atoms with Gasteiger partial charge in [0.25, 0.3) is 11.8 Å². The summed E-state index contributed by atoms with van der Waals surface area (Å²) in [7, 11) is 3.98. The van der Waals surface area contributed by atoms with E-state index in [2.05, 4.69) is 15.5 Å². The number of hydrogen-bond donors (Lipinski definition) is 2. The minimum atomic E-state index is -0.349. The maximum absolute atomic E-state index is 13.2. The lowest BCUT2D eigenvalue weighted by Gasteiger charge is -2.13. The minimum Gasteiger partial charge on any atom is -0.351 e. The van der Waals surface area contributed by atoms with Gasteiger partial charge in [-0.05, 0) is 68.8 Å². The van der Waals surface area contributed by atoms with Crippen LogP contribution in [0.5, 0.6) is 0 Å². The number of aromatic nitrogens is 2. The van der Waals surface area contributed by atoms with E-state index in [1.54, 1.807) is 46.4 Å². The van der Waals surface area contributed by atoms with Gasteiger partial charge in [0.2, 0.25) is 0 Å². The number of thiophene rings is 1. The monoisotopic (exact) mass is 499 g/mol. The molecule has 0 fully saturated rings. The van der Waals surface area contributed by atoms with Crippen molar-refractivity contribution in [3.8, 4) is 16.3 Å². The number of amides is 2. The van der Waals surface area contributed by atoms with Gasteiger partial charge in [0, 0.05) is 23.9 Å². The fourth-order valence-corrected chi connectivity index (χ4v) is 4.33. The van der Waals surface area contributed by atoms with Crippen molar-refractivity contribution in [2.45, 2.75) is 6.42 Å². The van der Waals surface area contributed by atoms with Crippen molar-refractivity contribution >= 4 is 29.2 Å². The van der Waals surface area contributed by atoms with Crippen LogP contribution in [0.2, 0.25) is 0 Å². The molecule has 0 bridgehead atoms. The van der Waals surface area contributed by atoms with Crippen LogP contribution >= 0.6 is 11.3 Å². The Morgan fingerprint density at radius 3 is 2.39 bits per heavy atom. The molecule has 4 aromatic rings. The topological polar surface area (TPSA) is 79.3 Å². The minimum absolute atomic E-state index is 0.166. The Morgan fingerprint density at radius 1 is 1.00 bits per heavy atom. The Balaban J connectivity index is 1.69. The van der Waals surface area contributed by atoms with E-state index in [1.165, 1.54) is 0 Å². The molecule has 0 aliphatic heterocycles. The van der Waals surface area contributed by atoms with E-state index in [1.807, 2.05) is 74.2 Å². The van der Waals surface area contributed by atoms with Crippen LogP contribution < -0.4 is 10.6 Å². The summed E-state index contributed by atoms with van der Waals surface area (Å²) in [6.07, 6.45) is 4.37. The molecular formula is C28H29N5O2S. The predicted octanol–water partition coefficient (Wildman–Crippen LogP) is 4.44. The number of carbonyl (C=O) groups excluding carboxylic acids is 2. The summed E-state index contributed by atoms with van der Waals surface area (Å²) in [6, 6.07) is 22.6. The molecule has 184 valence electrons. The molecule has 7 nitrogen and oxygen atoms in total. The van der Waals surface area contributed by atoms with Gasteiger partial charge < -0.3 is 15.5 Å². The van der Waals surface area contributed by atoms with Crippen molar-refractivity contribution in [1.29, 1.82) is 0 Å². The van der Waals surface area contributed by atoms with E-state index in [9.17, 15) is 9.59 Å². The first-order chi connectivity index (χ1) is 17.5. The van der Waals surface area contributed by atoms with Gasteiger partial charge in [0.05, 0.1) is 10.6 Å². The molecule has 2 heterocycles. The molecule has 2 aromatic carbocycles. The molecule has 2 aromatic heterocycles. The lowest BCUT2D eigenvalue weighted by atomic mass is 10.1. The zero-order chi connectivity index (χ0) is 25.3. The summed E-state index contributed by atoms with van der Waals surface area (Å²) in [4.78, 5) is 29.2. The standard InChI is InChI=1S/C28H29N5O2S/c1-32(2)17-10-16-29-28(35)24(30-27(34)21-11-5-3-6-12-21)19-22-20-33(23-13-7-4-8-14-23)31-26(22)25-15-9-18-36-25/h3-9,11-15,18-20H,10,16-17H2,1-2H3,(H,29,35)(H,30,34). The van der Waals surface area contributed by atoms with E-state index < -0.39 is 0 Å². The zero-order valence-electron chi connectivity index (χ0n) is 20.3. The summed E-state index contributed by atoms with van der Waals surface area (Å²) in [5, 5.41) is 12.5. The lowest BCUT2D eigenvalue weighted by molar-refractivity contribution is -0.117. The van der Waals surface area contributed by atoms with Crippen molar-refractivity contribution < 1.29 is 9.59 Å². The van der Waals surface area contributed by atoms with E-state index in [4.69, 9.17) is 5.10 Å². The quantitative estimate of drug-likeness (QED) is 0.250. The maximum atomic E-state index is 13.2. The van der Waals surface area contributed by atoms with Crippen molar-refractivity contribution in [3.05, 3.63) is 101 Å². The summed E-state index contributed by atoms with van der Waals surface area (Å²) >= 11 is 1.57. The second-order valence-electron chi connectivity index (χ2n) is 8.48. The Kier molecular flexibility index (Phi) is 8.44. The first kappa shape index (κ1) is 25.1. The molecule has 0 atom stereocenters. The number of carbonyl (C=O) groups is 2. The van der Waals surface area contributed by atoms with Crippen LogP contribution in [-0.4, -0.2) is 53.7 Å². The fraction of sp³-hybridized carbons (Fsp3) is 0.179. The zero-order valence-corrected chi connectivity index (χ0v) is 21.2. The highest BCUT2D eigenvalue weighted by atomic mass is 32.1. The summed E-state index contributed by atoms with van der Waals surface area (Å²) in [5.41, 5.74) is 3.01. The summed E-state index contributed by atoms with van der Waals surface area (Å²) in [5.74, 6) is -0.693. The average molecular weight is 500 g/mol. The molecule has 0 aliphatic carbocycles. The first-order valence-corrected chi connectivity index (χ1v) is 12.6. The highest BCUT2D eigenvalue weighted by Crippen LogP contribution is 2.29. The number of rotatable bonds is 10. The Labute approximate surface area is 215 Å². The van der Waals surface area contributed by atoms with E-state index in [-0.39, 0.29) is 17.5 Å². The highest BCUT2D eigenvalue weighted by Gasteiger charge is 2.18. The van der Waals surface area contributed by atoms with Crippen LogP contribution in [-0.2, 0) is 4.79 Å². The molecule has 0 saturated carbocycles. The van der Waals surface area contributed by atoms with Gasteiger partial charge in [-0.25, -0.2) is 4.68 Å². The molecule has 2 N–H and O–H groups in total. The van der Waals surface area contributed by atoms with Crippen molar-refractivity contribution in [2.24, 2.45) is 0 Å². The van der Waals surface area contributed by atoms with Crippen LogP contribution in [0.1, 0.15) is 22.3 Å². The molecule has 0 radical (unpaired) electrons. The largest absolute Gasteiger partial charge is 0.351 e. The maximum Gasteiger partial charge on any atom is 0.267 e. The number of hydrogen-bond acceptors (Lipinski definition) is 5. The fourth-order valence-electron chi connectivity index (χ4n) is 3.60. The van der Waals surface area contributed by atoms with Gasteiger partial charge >= 0.3 is 0 Å². The number of benzene rings is 2. The molecule has 0 aliphatic rings. The number of nitrogens with zero attached hydrogens (tertiary/aromatic N) is 3. The van der Waals surface area contributed by atoms with Crippen LogP contribution in [0.4, 0.5) is 0 Å². The first-order valence-electron chi connectivity index (χ1n) is 11.7. The van der Waals surface area contributed by atoms with Gasteiger partial charge in [-0.15, -0.1) is 11.3 Å². The number of para-hydroxylation sites is 1. The Hall–Kier alpha value is -4.01. The van der Waals surface area contributed by atoms with Gasteiger partial charge in [-0.2, -0.15) is 5.10 Å². The van der Waals surface area contributed by atoms with Crippen LogP contribution in [0.3, 0.4) is 0 Å². The SMILES string of the molecule is CN(C)CCCNC(=O)C(=Cc1cn(-c2ccccc2)nc1-c1cccs1)NC(=O)c1ccccc1.